The van der Waals surface area contributed by atoms with Gasteiger partial charge in [0.2, 0.25) is 5.91 Å². The van der Waals surface area contributed by atoms with Crippen LogP contribution >= 0.6 is 0 Å². The number of morpholine rings is 1. The Labute approximate surface area is 121 Å². The molecule has 0 aromatic carbocycles. The zero-order valence-corrected chi connectivity index (χ0v) is 12.4. The van der Waals surface area contributed by atoms with Gasteiger partial charge in [0, 0.05) is 38.6 Å². The van der Waals surface area contributed by atoms with Gasteiger partial charge >= 0.3 is 0 Å². The highest BCUT2D eigenvalue weighted by molar-refractivity contribution is 5.76. The summed E-state index contributed by atoms with van der Waals surface area (Å²) in [7, 11) is 0. The Balaban J connectivity index is 1.45. The molecule has 1 N–H and O–H groups in total. The van der Waals surface area contributed by atoms with Gasteiger partial charge in [-0.25, -0.2) is 0 Å². The van der Waals surface area contributed by atoms with E-state index in [9.17, 15) is 4.79 Å². The molecule has 3 aliphatic rings. The van der Waals surface area contributed by atoms with Crippen LogP contribution in [0.4, 0.5) is 0 Å². The molecule has 0 radical (unpaired) electrons. The SMILES string of the molecule is O=C(CC1CCCNC1)N1CCC(N2CCOCC2)C1. The molecule has 3 aliphatic heterocycles. The summed E-state index contributed by atoms with van der Waals surface area (Å²) < 4.78 is 5.40. The van der Waals surface area contributed by atoms with Crippen molar-refractivity contribution in [3.63, 3.8) is 0 Å². The Hall–Kier alpha value is -0.650. The second kappa shape index (κ2) is 6.87. The fraction of sp³-hybridized carbons (Fsp3) is 0.933. The van der Waals surface area contributed by atoms with Crippen molar-refractivity contribution in [1.29, 1.82) is 0 Å². The summed E-state index contributed by atoms with van der Waals surface area (Å²) >= 11 is 0. The Bertz CT molecular complexity index is 325. The van der Waals surface area contributed by atoms with Gasteiger partial charge in [0.25, 0.3) is 0 Å². The molecular weight excluding hydrogens is 254 g/mol. The molecule has 5 heteroatoms. The minimum atomic E-state index is 0.370. The van der Waals surface area contributed by atoms with Crippen LogP contribution < -0.4 is 5.32 Å². The molecule has 0 saturated carbocycles. The lowest BCUT2D eigenvalue weighted by Gasteiger charge is -2.32. The number of hydrogen-bond donors (Lipinski definition) is 1. The van der Waals surface area contributed by atoms with Crippen LogP contribution in [-0.4, -0.2) is 74.2 Å². The van der Waals surface area contributed by atoms with Gasteiger partial charge in [-0.1, -0.05) is 0 Å². The lowest BCUT2D eigenvalue weighted by atomic mass is 9.96. The number of ether oxygens (including phenoxy) is 1. The first kappa shape index (κ1) is 14.3. The highest BCUT2D eigenvalue weighted by atomic mass is 16.5. The zero-order valence-electron chi connectivity index (χ0n) is 12.4. The van der Waals surface area contributed by atoms with E-state index in [1.54, 1.807) is 0 Å². The first-order chi connectivity index (χ1) is 9.83. The number of hydrogen-bond acceptors (Lipinski definition) is 4. The number of carbonyl (C=O) groups is 1. The maximum absolute atomic E-state index is 12.4. The number of likely N-dealkylation sites (tertiary alicyclic amines) is 1. The van der Waals surface area contributed by atoms with Gasteiger partial charge in [0.15, 0.2) is 0 Å². The van der Waals surface area contributed by atoms with Crippen LogP contribution in [0.1, 0.15) is 25.7 Å². The van der Waals surface area contributed by atoms with E-state index in [2.05, 4.69) is 15.1 Å². The average molecular weight is 281 g/mol. The molecule has 20 heavy (non-hydrogen) atoms. The Morgan fingerprint density at radius 2 is 2.05 bits per heavy atom. The van der Waals surface area contributed by atoms with Crippen molar-refractivity contribution in [2.45, 2.75) is 31.7 Å². The lowest BCUT2D eigenvalue weighted by molar-refractivity contribution is -0.131. The first-order valence-corrected chi connectivity index (χ1v) is 8.13. The van der Waals surface area contributed by atoms with Gasteiger partial charge in [-0.2, -0.15) is 0 Å². The van der Waals surface area contributed by atoms with Crippen molar-refractivity contribution >= 4 is 5.91 Å². The van der Waals surface area contributed by atoms with Gasteiger partial charge in [-0.15, -0.1) is 0 Å². The third-order valence-corrected chi connectivity index (χ3v) is 4.94. The third kappa shape index (κ3) is 3.51. The van der Waals surface area contributed by atoms with Crippen molar-refractivity contribution in [2.24, 2.45) is 5.92 Å². The minimum absolute atomic E-state index is 0.370. The quantitative estimate of drug-likeness (QED) is 0.809. The summed E-state index contributed by atoms with van der Waals surface area (Å²) in [6.45, 7) is 7.76. The van der Waals surface area contributed by atoms with Gasteiger partial charge in [-0.05, 0) is 38.3 Å². The second-order valence-corrected chi connectivity index (χ2v) is 6.35. The molecule has 1 amide bonds. The molecule has 3 saturated heterocycles. The van der Waals surface area contributed by atoms with E-state index in [1.165, 1.54) is 12.8 Å². The van der Waals surface area contributed by atoms with Crippen molar-refractivity contribution in [3.05, 3.63) is 0 Å². The smallest absolute Gasteiger partial charge is 0.222 e. The van der Waals surface area contributed by atoms with Crippen molar-refractivity contribution < 1.29 is 9.53 Å². The summed E-state index contributed by atoms with van der Waals surface area (Å²) in [6, 6.07) is 0.562. The number of carbonyl (C=O) groups excluding carboxylic acids is 1. The standard InChI is InChI=1S/C15H27N3O2/c19-15(10-13-2-1-4-16-11-13)18-5-3-14(12-18)17-6-8-20-9-7-17/h13-14,16H,1-12H2. The fourth-order valence-corrected chi connectivity index (χ4v) is 3.68. The minimum Gasteiger partial charge on any atom is -0.379 e. The molecule has 3 heterocycles. The lowest BCUT2D eigenvalue weighted by Crippen LogP contribution is -2.45. The predicted octanol–water partition coefficient (Wildman–Crippen LogP) is 0.309. The molecule has 0 aromatic heterocycles. The number of piperidine rings is 1. The maximum atomic E-state index is 12.4. The Morgan fingerprint density at radius 3 is 2.80 bits per heavy atom. The molecule has 0 aliphatic carbocycles. The molecule has 0 spiro atoms. The summed E-state index contributed by atoms with van der Waals surface area (Å²) in [4.78, 5) is 17.0. The normalized spacial score (nSPS) is 32.5. The summed E-state index contributed by atoms with van der Waals surface area (Å²) in [5, 5.41) is 3.40. The molecule has 0 aromatic rings. The molecule has 2 atom stereocenters. The van der Waals surface area contributed by atoms with E-state index in [-0.39, 0.29) is 0 Å². The van der Waals surface area contributed by atoms with Crippen LogP contribution in [0, 0.1) is 5.92 Å². The molecule has 3 fully saturated rings. The van der Waals surface area contributed by atoms with Crippen LogP contribution in [0.5, 0.6) is 0 Å². The van der Waals surface area contributed by atoms with Crippen LogP contribution in [0.25, 0.3) is 0 Å². The van der Waals surface area contributed by atoms with E-state index in [4.69, 9.17) is 4.74 Å². The maximum Gasteiger partial charge on any atom is 0.222 e. The van der Waals surface area contributed by atoms with Crippen molar-refractivity contribution in [2.75, 3.05) is 52.5 Å². The molecule has 0 bridgehead atoms. The summed E-state index contributed by atoms with van der Waals surface area (Å²) in [5.41, 5.74) is 0. The van der Waals surface area contributed by atoms with Gasteiger partial charge < -0.3 is 15.0 Å². The largest absolute Gasteiger partial charge is 0.379 e. The molecule has 3 rings (SSSR count). The van der Waals surface area contributed by atoms with E-state index in [1.807, 2.05) is 0 Å². The Morgan fingerprint density at radius 1 is 1.20 bits per heavy atom. The van der Waals surface area contributed by atoms with Gasteiger partial charge in [0.05, 0.1) is 13.2 Å². The van der Waals surface area contributed by atoms with Crippen LogP contribution in [-0.2, 0) is 9.53 Å². The van der Waals surface area contributed by atoms with Crippen molar-refractivity contribution in [1.82, 2.24) is 15.1 Å². The highest BCUT2D eigenvalue weighted by Crippen LogP contribution is 2.21. The predicted molar refractivity (Wildman–Crippen MR) is 77.6 cm³/mol. The van der Waals surface area contributed by atoms with E-state index in [0.29, 0.717) is 17.9 Å². The Kier molecular flexibility index (Phi) is 4.91. The van der Waals surface area contributed by atoms with Crippen molar-refractivity contribution in [3.8, 4) is 0 Å². The summed E-state index contributed by atoms with van der Waals surface area (Å²) in [6.07, 6.45) is 4.30. The number of rotatable bonds is 3. The monoisotopic (exact) mass is 281 g/mol. The zero-order chi connectivity index (χ0) is 13.8. The highest BCUT2D eigenvalue weighted by Gasteiger charge is 2.31. The van der Waals surface area contributed by atoms with Crippen LogP contribution in [0.15, 0.2) is 0 Å². The molecular formula is C15H27N3O2. The average Bonchev–Trinajstić information content (AvgIpc) is 2.99. The molecule has 114 valence electrons. The molecule has 2 unspecified atom stereocenters. The topological polar surface area (TPSA) is 44.8 Å². The van der Waals surface area contributed by atoms with E-state index in [0.717, 1.165) is 65.3 Å². The van der Waals surface area contributed by atoms with E-state index < -0.39 is 0 Å². The number of nitrogens with one attached hydrogen (secondary N) is 1. The number of nitrogens with zero attached hydrogens (tertiary/aromatic N) is 2. The first-order valence-electron chi connectivity index (χ1n) is 8.13. The molecule has 5 nitrogen and oxygen atoms in total. The third-order valence-electron chi connectivity index (χ3n) is 4.94. The van der Waals surface area contributed by atoms with Crippen LogP contribution in [0.3, 0.4) is 0 Å². The van der Waals surface area contributed by atoms with E-state index >= 15 is 0 Å². The second-order valence-electron chi connectivity index (χ2n) is 6.35. The number of amides is 1. The van der Waals surface area contributed by atoms with Gasteiger partial charge in [0.1, 0.15) is 0 Å². The van der Waals surface area contributed by atoms with Crippen LogP contribution in [0.2, 0.25) is 0 Å². The summed E-state index contributed by atoms with van der Waals surface area (Å²) in [5.74, 6) is 0.924. The fourth-order valence-electron chi connectivity index (χ4n) is 3.68. The van der Waals surface area contributed by atoms with Gasteiger partial charge in [-0.3, -0.25) is 9.69 Å².